The molecule has 4 heterocycles. The fraction of sp³-hybridized carbons (Fsp3) is 0.214. The summed E-state index contributed by atoms with van der Waals surface area (Å²) in [5, 5.41) is 4.02. The number of fused-ring (bicyclic) bond motifs is 2. The summed E-state index contributed by atoms with van der Waals surface area (Å²) in [7, 11) is 0. The minimum atomic E-state index is 0.0534. The van der Waals surface area contributed by atoms with Crippen molar-refractivity contribution in [2.24, 2.45) is 0 Å². The number of benzene rings is 2. The number of pyridine rings is 1. The van der Waals surface area contributed by atoms with Gasteiger partial charge in [0.15, 0.2) is 0 Å². The van der Waals surface area contributed by atoms with E-state index in [1.807, 2.05) is 40.6 Å². The van der Waals surface area contributed by atoms with Gasteiger partial charge in [-0.2, -0.15) is 0 Å². The quantitative estimate of drug-likeness (QED) is 0.343. The van der Waals surface area contributed by atoms with Crippen LogP contribution in [-0.2, 0) is 0 Å². The molecule has 1 saturated heterocycles. The summed E-state index contributed by atoms with van der Waals surface area (Å²) < 4.78 is 0. The minimum Gasteiger partial charge on any atom is -0.352 e. The second kappa shape index (κ2) is 8.74. The molecule has 7 heteroatoms. The lowest BCUT2D eigenvalue weighted by molar-refractivity contribution is 0.0748. The van der Waals surface area contributed by atoms with E-state index in [4.69, 9.17) is 4.98 Å². The molecule has 0 unspecified atom stereocenters. The molecular formula is C28H25N5OS. The first-order valence-electron chi connectivity index (χ1n) is 11.8. The van der Waals surface area contributed by atoms with Gasteiger partial charge in [0, 0.05) is 37.1 Å². The number of rotatable bonds is 3. The maximum Gasteiger partial charge on any atom is 0.254 e. The molecule has 0 saturated carbocycles. The molecule has 2 aromatic carbocycles. The van der Waals surface area contributed by atoms with Crippen molar-refractivity contribution in [3.63, 3.8) is 0 Å². The summed E-state index contributed by atoms with van der Waals surface area (Å²) in [4.78, 5) is 32.8. The number of aromatic nitrogens is 3. The zero-order valence-electron chi connectivity index (χ0n) is 19.7. The first kappa shape index (κ1) is 21.7. The molecule has 0 spiro atoms. The highest BCUT2D eigenvalue weighted by atomic mass is 32.1. The SMILES string of the molecule is Cc1ccc(-c2cc(C(=O)N3CCN(c4ncnc5sccc45)CC3)c3ccccc3n2)c(C)c1. The number of piperazine rings is 1. The van der Waals surface area contributed by atoms with E-state index in [0.29, 0.717) is 18.7 Å². The normalized spacial score (nSPS) is 14.1. The molecule has 1 amide bonds. The molecule has 6 nitrogen and oxygen atoms in total. The molecule has 0 bridgehead atoms. The minimum absolute atomic E-state index is 0.0534. The van der Waals surface area contributed by atoms with E-state index in [1.165, 1.54) is 5.56 Å². The lowest BCUT2D eigenvalue weighted by Gasteiger charge is -2.35. The third-order valence-corrected chi connectivity index (χ3v) is 7.53. The van der Waals surface area contributed by atoms with Gasteiger partial charge in [-0.3, -0.25) is 4.79 Å². The van der Waals surface area contributed by atoms with E-state index >= 15 is 0 Å². The third-order valence-electron chi connectivity index (χ3n) is 6.71. The third kappa shape index (κ3) is 3.91. The average molecular weight is 480 g/mol. The second-order valence-electron chi connectivity index (χ2n) is 9.01. The van der Waals surface area contributed by atoms with Gasteiger partial charge in [-0.25, -0.2) is 15.0 Å². The highest BCUT2D eigenvalue weighted by Gasteiger charge is 2.26. The number of hydrogen-bond donors (Lipinski definition) is 0. The highest BCUT2D eigenvalue weighted by Crippen LogP contribution is 2.30. The molecule has 0 aliphatic carbocycles. The summed E-state index contributed by atoms with van der Waals surface area (Å²) in [5.74, 6) is 1.01. The Labute approximate surface area is 207 Å². The molecule has 174 valence electrons. The second-order valence-corrected chi connectivity index (χ2v) is 9.90. The Morgan fingerprint density at radius 3 is 2.57 bits per heavy atom. The summed E-state index contributed by atoms with van der Waals surface area (Å²) in [6.45, 7) is 6.94. The molecule has 0 N–H and O–H groups in total. The smallest absolute Gasteiger partial charge is 0.254 e. The zero-order chi connectivity index (χ0) is 23.9. The van der Waals surface area contributed by atoms with E-state index in [2.05, 4.69) is 53.0 Å². The van der Waals surface area contributed by atoms with E-state index in [-0.39, 0.29) is 5.91 Å². The van der Waals surface area contributed by atoms with E-state index < -0.39 is 0 Å². The topological polar surface area (TPSA) is 62.2 Å². The number of anilines is 1. The van der Waals surface area contributed by atoms with Crippen LogP contribution in [0.2, 0.25) is 0 Å². The Morgan fingerprint density at radius 2 is 1.74 bits per heavy atom. The van der Waals surface area contributed by atoms with Crippen molar-refractivity contribution in [1.29, 1.82) is 0 Å². The van der Waals surface area contributed by atoms with Gasteiger partial charge in [0.1, 0.15) is 17.0 Å². The number of aryl methyl sites for hydroxylation is 2. The van der Waals surface area contributed by atoms with Gasteiger partial charge in [-0.15, -0.1) is 11.3 Å². The fourth-order valence-electron chi connectivity index (χ4n) is 4.91. The van der Waals surface area contributed by atoms with Crippen molar-refractivity contribution in [2.45, 2.75) is 13.8 Å². The van der Waals surface area contributed by atoms with Gasteiger partial charge in [-0.1, -0.05) is 42.0 Å². The number of hydrogen-bond acceptors (Lipinski definition) is 6. The monoisotopic (exact) mass is 479 g/mol. The fourth-order valence-corrected chi connectivity index (χ4v) is 5.64. The van der Waals surface area contributed by atoms with Crippen molar-refractivity contribution < 1.29 is 4.79 Å². The Kier molecular flexibility index (Phi) is 5.41. The van der Waals surface area contributed by atoms with Crippen LogP contribution in [0.3, 0.4) is 0 Å². The standard InChI is InChI=1S/C28H25N5OS/c1-18-7-8-20(19(2)15-18)25-16-23(21-5-3-4-6-24(21)31-25)28(34)33-12-10-32(11-13-33)26-22-9-14-35-27(22)30-17-29-26/h3-9,14-17H,10-13H2,1-2H3. The first-order valence-corrected chi connectivity index (χ1v) is 12.7. The van der Waals surface area contributed by atoms with Crippen LogP contribution >= 0.6 is 11.3 Å². The first-order chi connectivity index (χ1) is 17.1. The van der Waals surface area contributed by atoms with Crippen molar-refractivity contribution >= 4 is 44.2 Å². The Hall–Kier alpha value is -3.84. The van der Waals surface area contributed by atoms with Gasteiger partial charge in [0.05, 0.1) is 22.2 Å². The van der Waals surface area contributed by atoms with Crippen LogP contribution in [-0.4, -0.2) is 51.9 Å². The van der Waals surface area contributed by atoms with Crippen LogP contribution in [0.15, 0.2) is 66.3 Å². The maximum atomic E-state index is 13.8. The van der Waals surface area contributed by atoms with E-state index in [9.17, 15) is 4.79 Å². The molecule has 1 fully saturated rings. The largest absolute Gasteiger partial charge is 0.352 e. The lowest BCUT2D eigenvalue weighted by Crippen LogP contribution is -2.49. The van der Waals surface area contributed by atoms with Crippen LogP contribution in [0.5, 0.6) is 0 Å². The van der Waals surface area contributed by atoms with Crippen molar-refractivity contribution in [2.75, 3.05) is 31.1 Å². The molecule has 35 heavy (non-hydrogen) atoms. The molecule has 5 aromatic rings. The van der Waals surface area contributed by atoms with Crippen molar-refractivity contribution in [1.82, 2.24) is 19.9 Å². The predicted molar refractivity (Wildman–Crippen MR) is 142 cm³/mol. The van der Waals surface area contributed by atoms with Gasteiger partial charge in [0.2, 0.25) is 0 Å². The number of para-hydroxylation sites is 1. The van der Waals surface area contributed by atoms with Crippen LogP contribution in [0.25, 0.3) is 32.4 Å². The zero-order valence-corrected chi connectivity index (χ0v) is 20.5. The molecule has 1 aliphatic rings. The number of carbonyl (C=O) groups excluding carboxylic acids is 1. The molecule has 3 aromatic heterocycles. The Bertz CT molecular complexity index is 1570. The summed E-state index contributed by atoms with van der Waals surface area (Å²) in [5.41, 5.74) is 5.82. The van der Waals surface area contributed by atoms with Gasteiger partial charge in [0.25, 0.3) is 5.91 Å². The van der Waals surface area contributed by atoms with E-state index in [0.717, 1.165) is 56.8 Å². The number of carbonyl (C=O) groups is 1. The van der Waals surface area contributed by atoms with Gasteiger partial charge < -0.3 is 9.80 Å². The number of amides is 1. The number of thiophene rings is 1. The summed E-state index contributed by atoms with van der Waals surface area (Å²) in [6.07, 6.45) is 1.63. The lowest BCUT2D eigenvalue weighted by atomic mass is 9.99. The Morgan fingerprint density at radius 1 is 0.914 bits per heavy atom. The molecular weight excluding hydrogens is 454 g/mol. The number of nitrogens with zero attached hydrogens (tertiary/aromatic N) is 5. The average Bonchev–Trinajstić information content (AvgIpc) is 3.37. The Balaban J connectivity index is 1.31. The van der Waals surface area contributed by atoms with Crippen molar-refractivity contribution in [3.05, 3.63) is 83.0 Å². The van der Waals surface area contributed by atoms with Crippen LogP contribution in [0.4, 0.5) is 5.82 Å². The van der Waals surface area contributed by atoms with Crippen LogP contribution in [0.1, 0.15) is 21.5 Å². The highest BCUT2D eigenvalue weighted by molar-refractivity contribution is 7.16. The summed E-state index contributed by atoms with van der Waals surface area (Å²) >= 11 is 1.62. The van der Waals surface area contributed by atoms with Gasteiger partial charge in [-0.05, 0) is 43.0 Å². The molecule has 0 atom stereocenters. The van der Waals surface area contributed by atoms with Crippen LogP contribution in [0, 0.1) is 13.8 Å². The molecule has 0 radical (unpaired) electrons. The predicted octanol–water partition coefficient (Wildman–Crippen LogP) is 5.49. The molecule has 1 aliphatic heterocycles. The summed E-state index contributed by atoms with van der Waals surface area (Å²) in [6, 6.07) is 18.3. The van der Waals surface area contributed by atoms with Crippen molar-refractivity contribution in [3.8, 4) is 11.3 Å². The maximum absolute atomic E-state index is 13.8. The van der Waals surface area contributed by atoms with E-state index in [1.54, 1.807) is 17.7 Å². The molecule has 6 rings (SSSR count). The van der Waals surface area contributed by atoms with Gasteiger partial charge >= 0.3 is 0 Å². The van der Waals surface area contributed by atoms with Crippen LogP contribution < -0.4 is 4.90 Å².